The fraction of sp³-hybridized carbons (Fsp3) is 0.571. The number of nitrogens with zero attached hydrogens (tertiary/aromatic N) is 5. The van der Waals surface area contributed by atoms with E-state index in [0.29, 0.717) is 6.54 Å². The van der Waals surface area contributed by atoms with Crippen molar-refractivity contribution in [3.05, 3.63) is 41.3 Å². The number of rotatable bonds is 8. The molecule has 0 bridgehead atoms. The Morgan fingerprint density at radius 3 is 2.64 bits per heavy atom. The van der Waals surface area contributed by atoms with Gasteiger partial charge in [0.15, 0.2) is 5.96 Å². The van der Waals surface area contributed by atoms with E-state index >= 15 is 0 Å². The summed E-state index contributed by atoms with van der Waals surface area (Å²) >= 11 is 0. The van der Waals surface area contributed by atoms with Crippen LogP contribution >= 0.6 is 0 Å². The zero-order valence-corrected chi connectivity index (χ0v) is 17.4. The largest absolute Gasteiger partial charge is 0.357 e. The zero-order valence-electron chi connectivity index (χ0n) is 17.4. The molecule has 1 saturated heterocycles. The summed E-state index contributed by atoms with van der Waals surface area (Å²) in [4.78, 5) is 11.7. The van der Waals surface area contributed by atoms with Crippen LogP contribution in [-0.4, -0.2) is 46.9 Å². The molecule has 0 atom stereocenters. The third-order valence-electron chi connectivity index (χ3n) is 4.95. The van der Waals surface area contributed by atoms with Crippen molar-refractivity contribution in [1.82, 2.24) is 25.4 Å². The third kappa shape index (κ3) is 5.71. The standard InChI is InChI=1S/C21H33N7/c1-4-22-21(23-10-7-13-28-18(3)14-17(2)26-28)25-16-19-8-9-20(24-15-19)27-11-5-6-12-27/h8-9,14-15H,4-7,10-13,16H2,1-3H3,(H2,22,23,25). The highest BCUT2D eigenvalue weighted by molar-refractivity contribution is 5.79. The van der Waals surface area contributed by atoms with E-state index < -0.39 is 0 Å². The van der Waals surface area contributed by atoms with E-state index in [1.807, 2.05) is 13.1 Å². The van der Waals surface area contributed by atoms with Crippen molar-refractivity contribution < 1.29 is 0 Å². The lowest BCUT2D eigenvalue weighted by Gasteiger charge is -2.16. The van der Waals surface area contributed by atoms with Crippen LogP contribution in [0.1, 0.15) is 43.1 Å². The first-order valence-corrected chi connectivity index (χ1v) is 10.4. The summed E-state index contributed by atoms with van der Waals surface area (Å²) in [7, 11) is 0. The van der Waals surface area contributed by atoms with Gasteiger partial charge in [-0.3, -0.25) is 4.68 Å². The molecule has 0 aliphatic carbocycles. The van der Waals surface area contributed by atoms with Crippen molar-refractivity contribution in [1.29, 1.82) is 0 Å². The second-order valence-electron chi connectivity index (χ2n) is 7.34. The highest BCUT2D eigenvalue weighted by atomic mass is 15.3. The van der Waals surface area contributed by atoms with E-state index in [1.165, 1.54) is 18.5 Å². The highest BCUT2D eigenvalue weighted by Gasteiger charge is 2.12. The molecule has 3 rings (SSSR count). The second-order valence-corrected chi connectivity index (χ2v) is 7.34. The summed E-state index contributed by atoms with van der Waals surface area (Å²) in [5.41, 5.74) is 3.41. The van der Waals surface area contributed by atoms with Crippen molar-refractivity contribution in [3.63, 3.8) is 0 Å². The van der Waals surface area contributed by atoms with Crippen LogP contribution in [0, 0.1) is 13.8 Å². The van der Waals surface area contributed by atoms with Gasteiger partial charge < -0.3 is 15.5 Å². The van der Waals surface area contributed by atoms with Crippen molar-refractivity contribution >= 4 is 11.8 Å². The smallest absolute Gasteiger partial charge is 0.191 e. The van der Waals surface area contributed by atoms with Crippen LogP contribution in [0.2, 0.25) is 0 Å². The number of guanidine groups is 1. The van der Waals surface area contributed by atoms with Gasteiger partial charge in [0.2, 0.25) is 0 Å². The Labute approximate surface area is 168 Å². The number of hydrogen-bond donors (Lipinski definition) is 2. The average molecular weight is 384 g/mol. The summed E-state index contributed by atoms with van der Waals surface area (Å²) in [5.74, 6) is 1.93. The molecule has 2 aromatic heterocycles. The molecule has 7 heteroatoms. The van der Waals surface area contributed by atoms with E-state index in [4.69, 9.17) is 4.99 Å². The van der Waals surface area contributed by atoms with Gasteiger partial charge in [-0.1, -0.05) is 6.07 Å². The molecule has 7 nitrogen and oxygen atoms in total. The first kappa shape index (κ1) is 20.2. The van der Waals surface area contributed by atoms with E-state index in [-0.39, 0.29) is 0 Å². The predicted octanol–water partition coefficient (Wildman–Crippen LogP) is 2.64. The first-order valence-electron chi connectivity index (χ1n) is 10.4. The third-order valence-corrected chi connectivity index (χ3v) is 4.95. The van der Waals surface area contributed by atoms with Gasteiger partial charge in [0.05, 0.1) is 12.2 Å². The quantitative estimate of drug-likeness (QED) is 0.417. The van der Waals surface area contributed by atoms with Crippen LogP contribution in [-0.2, 0) is 13.1 Å². The second kappa shape index (κ2) is 10.1. The molecule has 0 saturated carbocycles. The van der Waals surface area contributed by atoms with Gasteiger partial charge in [-0.15, -0.1) is 0 Å². The number of anilines is 1. The zero-order chi connectivity index (χ0) is 19.8. The predicted molar refractivity (Wildman–Crippen MR) is 115 cm³/mol. The fourth-order valence-corrected chi connectivity index (χ4v) is 3.49. The molecule has 28 heavy (non-hydrogen) atoms. The molecule has 0 radical (unpaired) electrons. The average Bonchev–Trinajstić information content (AvgIpc) is 3.33. The molecule has 0 unspecified atom stereocenters. The minimum atomic E-state index is 0.625. The summed E-state index contributed by atoms with van der Waals surface area (Å²) in [6, 6.07) is 6.36. The molecule has 152 valence electrons. The SMILES string of the molecule is CCNC(=NCc1ccc(N2CCCC2)nc1)NCCCn1nc(C)cc1C. The lowest BCUT2D eigenvalue weighted by atomic mass is 10.3. The maximum atomic E-state index is 4.70. The minimum absolute atomic E-state index is 0.625. The van der Waals surface area contributed by atoms with Gasteiger partial charge in [-0.2, -0.15) is 5.10 Å². The fourth-order valence-electron chi connectivity index (χ4n) is 3.49. The number of aryl methyl sites for hydroxylation is 3. The Bertz CT molecular complexity index is 758. The molecular weight excluding hydrogens is 350 g/mol. The number of nitrogens with one attached hydrogen (secondary N) is 2. The Hall–Kier alpha value is -2.57. The summed E-state index contributed by atoms with van der Waals surface area (Å²) < 4.78 is 2.06. The van der Waals surface area contributed by atoms with Crippen LogP contribution in [0.5, 0.6) is 0 Å². The van der Waals surface area contributed by atoms with Crippen LogP contribution < -0.4 is 15.5 Å². The molecule has 3 heterocycles. The van der Waals surface area contributed by atoms with Crippen LogP contribution in [0.25, 0.3) is 0 Å². The van der Waals surface area contributed by atoms with Gasteiger partial charge in [0, 0.05) is 44.6 Å². The number of pyridine rings is 1. The Kier molecular flexibility index (Phi) is 7.28. The van der Waals surface area contributed by atoms with Crippen molar-refractivity contribution in [3.8, 4) is 0 Å². The summed E-state index contributed by atoms with van der Waals surface area (Å²) in [6.45, 7) is 11.7. The topological polar surface area (TPSA) is 70.4 Å². The van der Waals surface area contributed by atoms with Crippen molar-refractivity contribution in [2.24, 2.45) is 4.99 Å². The molecular formula is C21H33N7. The molecule has 0 spiro atoms. The molecule has 2 aromatic rings. The Morgan fingerprint density at radius 2 is 2.00 bits per heavy atom. The number of aromatic nitrogens is 3. The van der Waals surface area contributed by atoms with Crippen LogP contribution in [0.4, 0.5) is 5.82 Å². The summed E-state index contributed by atoms with van der Waals surface area (Å²) in [5, 5.41) is 11.2. The Morgan fingerprint density at radius 1 is 1.18 bits per heavy atom. The lowest BCUT2D eigenvalue weighted by molar-refractivity contribution is 0.555. The molecule has 2 N–H and O–H groups in total. The van der Waals surface area contributed by atoms with Crippen molar-refractivity contribution in [2.45, 2.75) is 53.1 Å². The molecule has 0 amide bonds. The van der Waals surface area contributed by atoms with Gasteiger partial charge in [0.25, 0.3) is 0 Å². The van der Waals surface area contributed by atoms with E-state index in [2.05, 4.69) is 62.3 Å². The lowest BCUT2D eigenvalue weighted by Crippen LogP contribution is -2.38. The maximum Gasteiger partial charge on any atom is 0.191 e. The monoisotopic (exact) mass is 383 g/mol. The van der Waals surface area contributed by atoms with Gasteiger partial charge in [-0.05, 0) is 57.7 Å². The normalized spacial score (nSPS) is 14.5. The minimum Gasteiger partial charge on any atom is -0.357 e. The van der Waals surface area contributed by atoms with Crippen LogP contribution in [0.15, 0.2) is 29.4 Å². The van der Waals surface area contributed by atoms with E-state index in [9.17, 15) is 0 Å². The van der Waals surface area contributed by atoms with E-state index in [0.717, 1.165) is 62.2 Å². The molecule has 1 aliphatic rings. The first-order chi connectivity index (χ1) is 13.7. The Balaban J connectivity index is 1.47. The molecule has 1 fully saturated rings. The number of aliphatic imine (C=N–C) groups is 1. The number of hydrogen-bond acceptors (Lipinski definition) is 4. The van der Waals surface area contributed by atoms with Crippen molar-refractivity contribution in [2.75, 3.05) is 31.1 Å². The van der Waals surface area contributed by atoms with Crippen LogP contribution in [0.3, 0.4) is 0 Å². The highest BCUT2D eigenvalue weighted by Crippen LogP contribution is 2.17. The van der Waals surface area contributed by atoms with Gasteiger partial charge in [0.1, 0.15) is 5.82 Å². The molecule has 1 aliphatic heterocycles. The molecule has 0 aromatic carbocycles. The van der Waals surface area contributed by atoms with Gasteiger partial charge >= 0.3 is 0 Å². The summed E-state index contributed by atoms with van der Waals surface area (Å²) in [6.07, 6.45) is 5.48. The van der Waals surface area contributed by atoms with Gasteiger partial charge in [-0.25, -0.2) is 9.98 Å². The maximum absolute atomic E-state index is 4.70. The van der Waals surface area contributed by atoms with E-state index in [1.54, 1.807) is 0 Å².